The molecule has 11 nitrogen and oxygen atoms in total. The number of nitrogens with zero attached hydrogens (tertiary/aromatic N) is 1. The first-order valence-corrected chi connectivity index (χ1v) is 15.0. The number of amides is 2. The zero-order chi connectivity index (χ0) is 31.7. The number of carbonyl (C=O) groups excluding carboxylic acids is 3. The number of ketones is 1. The predicted molar refractivity (Wildman–Crippen MR) is 165 cm³/mol. The first-order chi connectivity index (χ1) is 21.1. The number of epoxide rings is 1. The van der Waals surface area contributed by atoms with Gasteiger partial charge in [0.1, 0.15) is 23.4 Å². The van der Waals surface area contributed by atoms with E-state index in [1.807, 2.05) is 42.5 Å². The van der Waals surface area contributed by atoms with Crippen molar-refractivity contribution in [2.45, 2.75) is 56.5 Å². The highest BCUT2D eigenvalue weighted by atomic mass is 16.6. The van der Waals surface area contributed by atoms with Crippen LogP contribution in [0, 0.1) is 0 Å². The second kappa shape index (κ2) is 15.3. The summed E-state index contributed by atoms with van der Waals surface area (Å²) in [5, 5.41) is 19.3. The zero-order valence-corrected chi connectivity index (χ0v) is 25.7. The lowest BCUT2D eigenvalue weighted by molar-refractivity contribution is -0.134. The summed E-state index contributed by atoms with van der Waals surface area (Å²) in [7, 11) is 1.57. The van der Waals surface area contributed by atoms with Crippen LogP contribution < -0.4 is 20.7 Å². The van der Waals surface area contributed by atoms with Gasteiger partial charge in [0.15, 0.2) is 5.78 Å². The lowest BCUT2D eigenvalue weighted by atomic mass is 9.94. The quantitative estimate of drug-likeness (QED) is 0.205. The van der Waals surface area contributed by atoms with Gasteiger partial charge in [-0.25, -0.2) is 0 Å². The summed E-state index contributed by atoms with van der Waals surface area (Å²) in [6, 6.07) is 13.6. The highest BCUT2D eigenvalue weighted by Gasteiger charge is 2.50. The van der Waals surface area contributed by atoms with E-state index in [9.17, 15) is 19.5 Å². The molecule has 0 radical (unpaired) electrons. The summed E-state index contributed by atoms with van der Waals surface area (Å²) in [6.07, 6.45) is -0.671. The SMILES string of the molecule is C=C(CN1CCOCC1)N[C@H](C(=O)NC(Cc1ccc(OC)cc1)C(=O)NC(Cc1ccccc1)C(=O)C1(C)CO1)[C@H](C)O. The van der Waals surface area contributed by atoms with E-state index in [2.05, 4.69) is 27.4 Å². The van der Waals surface area contributed by atoms with E-state index in [1.54, 1.807) is 26.2 Å². The number of morpholine rings is 1. The normalized spacial score (nSPS) is 20.8. The van der Waals surface area contributed by atoms with Gasteiger partial charge in [0.2, 0.25) is 11.8 Å². The van der Waals surface area contributed by atoms with E-state index < -0.39 is 41.6 Å². The second-order valence-corrected chi connectivity index (χ2v) is 11.6. The molecule has 4 N–H and O–H groups in total. The third kappa shape index (κ3) is 9.36. The average molecular weight is 609 g/mol. The fourth-order valence-corrected chi connectivity index (χ4v) is 5.12. The molecule has 0 saturated carbocycles. The molecule has 0 spiro atoms. The number of aliphatic hydroxyl groups excluding tert-OH is 1. The Labute approximate surface area is 258 Å². The fourth-order valence-electron chi connectivity index (χ4n) is 5.12. The van der Waals surface area contributed by atoms with Gasteiger partial charge in [-0.15, -0.1) is 0 Å². The molecule has 238 valence electrons. The van der Waals surface area contributed by atoms with Gasteiger partial charge < -0.3 is 35.3 Å². The first kappa shape index (κ1) is 33.1. The summed E-state index contributed by atoms with van der Waals surface area (Å²) in [5.74, 6) is -0.668. The molecule has 2 aromatic carbocycles. The van der Waals surface area contributed by atoms with E-state index >= 15 is 0 Å². The minimum Gasteiger partial charge on any atom is -0.497 e. The van der Waals surface area contributed by atoms with Crippen LogP contribution in [0.3, 0.4) is 0 Å². The number of hydrogen-bond acceptors (Lipinski definition) is 9. The number of rotatable bonds is 16. The minimum atomic E-state index is -1.08. The number of carbonyl (C=O) groups is 3. The van der Waals surface area contributed by atoms with Crippen molar-refractivity contribution in [2.24, 2.45) is 0 Å². The Bertz CT molecular complexity index is 1270. The summed E-state index contributed by atoms with van der Waals surface area (Å²) in [4.78, 5) is 43.0. The summed E-state index contributed by atoms with van der Waals surface area (Å²) in [6.45, 7) is 10.8. The third-order valence-electron chi connectivity index (χ3n) is 7.89. The monoisotopic (exact) mass is 608 g/mol. The van der Waals surface area contributed by atoms with Crippen LogP contribution >= 0.6 is 0 Å². The fraction of sp³-hybridized carbons (Fsp3) is 0.485. The van der Waals surface area contributed by atoms with E-state index in [4.69, 9.17) is 14.2 Å². The maximum absolute atomic E-state index is 13.9. The molecule has 0 aromatic heterocycles. The molecule has 2 fully saturated rings. The van der Waals surface area contributed by atoms with Crippen molar-refractivity contribution in [3.05, 3.63) is 78.0 Å². The molecule has 2 aliphatic rings. The van der Waals surface area contributed by atoms with Crippen LogP contribution in [0.15, 0.2) is 66.9 Å². The Morgan fingerprint density at radius 3 is 2.14 bits per heavy atom. The molecule has 2 aromatic rings. The Morgan fingerprint density at radius 2 is 1.55 bits per heavy atom. The van der Waals surface area contributed by atoms with Gasteiger partial charge in [0.25, 0.3) is 0 Å². The molecular weight excluding hydrogens is 564 g/mol. The molecule has 2 amide bonds. The molecule has 0 aliphatic carbocycles. The van der Waals surface area contributed by atoms with Crippen molar-refractivity contribution in [1.82, 2.24) is 20.9 Å². The van der Waals surface area contributed by atoms with E-state index in [0.29, 0.717) is 31.2 Å². The highest BCUT2D eigenvalue weighted by Crippen LogP contribution is 2.29. The van der Waals surface area contributed by atoms with Gasteiger partial charge >= 0.3 is 0 Å². The Hall–Kier alpha value is -3.77. The highest BCUT2D eigenvalue weighted by molar-refractivity contribution is 5.98. The summed E-state index contributed by atoms with van der Waals surface area (Å²) < 4.78 is 16.1. The molecule has 2 heterocycles. The van der Waals surface area contributed by atoms with Crippen molar-refractivity contribution in [3.8, 4) is 5.75 Å². The molecular formula is C33H44N4O7. The first-order valence-electron chi connectivity index (χ1n) is 15.0. The maximum atomic E-state index is 13.9. The third-order valence-corrected chi connectivity index (χ3v) is 7.89. The standard InChI is InChI=1S/C33H44N4O7/c1-22(20-37-14-16-43-17-15-37)34-29(23(2)38)32(41)36-28(19-25-10-12-26(42-4)13-11-25)31(40)35-27(30(39)33(3)21-44-33)18-24-8-6-5-7-9-24/h5-13,23,27-29,34,38H,1,14-21H2,2-4H3,(H,35,40)(H,36,41)/t23-,27?,28?,29-,33?/m0/s1. The van der Waals surface area contributed by atoms with Gasteiger partial charge in [-0.3, -0.25) is 19.3 Å². The summed E-state index contributed by atoms with van der Waals surface area (Å²) in [5.41, 5.74) is 1.26. The van der Waals surface area contributed by atoms with Crippen molar-refractivity contribution >= 4 is 17.6 Å². The summed E-state index contributed by atoms with van der Waals surface area (Å²) >= 11 is 0. The molecule has 44 heavy (non-hydrogen) atoms. The molecule has 5 atom stereocenters. The molecule has 4 rings (SSSR count). The number of hydrogen-bond donors (Lipinski definition) is 4. The predicted octanol–water partition coefficient (Wildman–Crippen LogP) is 0.993. The van der Waals surface area contributed by atoms with Gasteiger partial charge in [-0.2, -0.15) is 0 Å². The zero-order valence-electron chi connectivity index (χ0n) is 25.7. The van der Waals surface area contributed by atoms with Crippen molar-refractivity contribution in [1.29, 1.82) is 0 Å². The second-order valence-electron chi connectivity index (χ2n) is 11.6. The number of aliphatic hydroxyl groups is 1. The van der Waals surface area contributed by atoms with Crippen molar-refractivity contribution < 1.29 is 33.7 Å². The number of nitrogens with one attached hydrogen (secondary N) is 3. The Kier molecular flexibility index (Phi) is 11.5. The lowest BCUT2D eigenvalue weighted by Gasteiger charge is -2.30. The van der Waals surface area contributed by atoms with Crippen molar-refractivity contribution in [2.75, 3.05) is 46.6 Å². The minimum absolute atomic E-state index is 0.142. The number of methoxy groups -OCH3 is 1. The molecule has 2 aliphatic heterocycles. The van der Waals surface area contributed by atoms with Crippen LogP contribution in [-0.4, -0.2) is 104 Å². The number of benzene rings is 2. The molecule has 11 heteroatoms. The Balaban J connectivity index is 1.51. The van der Waals surface area contributed by atoms with E-state index in [0.717, 1.165) is 24.2 Å². The molecule has 3 unspecified atom stereocenters. The van der Waals surface area contributed by atoms with Gasteiger partial charge in [-0.1, -0.05) is 49.0 Å². The molecule has 2 saturated heterocycles. The van der Waals surface area contributed by atoms with Crippen LogP contribution in [0.5, 0.6) is 5.75 Å². The van der Waals surface area contributed by atoms with Crippen LogP contribution in [0.4, 0.5) is 0 Å². The topological polar surface area (TPSA) is 142 Å². The van der Waals surface area contributed by atoms with Crippen LogP contribution in [0.25, 0.3) is 0 Å². The van der Waals surface area contributed by atoms with E-state index in [1.165, 1.54) is 6.92 Å². The van der Waals surface area contributed by atoms with Crippen molar-refractivity contribution in [3.63, 3.8) is 0 Å². The Morgan fingerprint density at radius 1 is 0.955 bits per heavy atom. The van der Waals surface area contributed by atoms with Gasteiger partial charge in [0.05, 0.1) is 39.1 Å². The van der Waals surface area contributed by atoms with Crippen LogP contribution in [-0.2, 0) is 36.7 Å². The number of ether oxygens (including phenoxy) is 3. The maximum Gasteiger partial charge on any atom is 0.245 e. The van der Waals surface area contributed by atoms with Crippen LogP contribution in [0.2, 0.25) is 0 Å². The number of Topliss-reactive ketones (excluding diaryl/α,β-unsaturated/α-hetero) is 1. The van der Waals surface area contributed by atoms with E-state index in [-0.39, 0.29) is 25.2 Å². The largest absolute Gasteiger partial charge is 0.497 e. The smallest absolute Gasteiger partial charge is 0.245 e. The van der Waals surface area contributed by atoms with Gasteiger partial charge in [0, 0.05) is 31.8 Å². The average Bonchev–Trinajstić information content (AvgIpc) is 3.78. The molecule has 0 bridgehead atoms. The van der Waals surface area contributed by atoms with Crippen LogP contribution in [0.1, 0.15) is 25.0 Å². The van der Waals surface area contributed by atoms with Gasteiger partial charge in [-0.05, 0) is 43.5 Å². The lowest BCUT2D eigenvalue weighted by Crippen LogP contribution is -2.59.